The molecule has 2 aromatic rings. The van der Waals surface area contributed by atoms with Crippen molar-refractivity contribution in [2.75, 3.05) is 31.9 Å². The molecule has 5 rings (SSSR count). The number of likely N-dealkylation sites (tertiary alicyclic amines) is 2. The minimum atomic E-state index is -1.14. The molecule has 36 heavy (non-hydrogen) atoms. The van der Waals surface area contributed by atoms with Gasteiger partial charge in [0.05, 0.1) is 0 Å². The number of carbonyl (C=O) groups excluding carboxylic acids is 3. The van der Waals surface area contributed by atoms with Crippen molar-refractivity contribution in [1.82, 2.24) is 30.4 Å². The fourth-order valence-corrected chi connectivity index (χ4v) is 5.87. The lowest BCUT2D eigenvalue weighted by atomic mass is 9.73. The van der Waals surface area contributed by atoms with Crippen LogP contribution in [-0.4, -0.2) is 63.8 Å². The molecule has 1 atom stereocenters. The lowest BCUT2D eigenvalue weighted by molar-refractivity contribution is -0.139. The molecule has 4 amide bonds. The summed E-state index contributed by atoms with van der Waals surface area (Å²) in [7, 11) is 0. The summed E-state index contributed by atoms with van der Waals surface area (Å²) < 4.78 is 0. The van der Waals surface area contributed by atoms with E-state index >= 15 is 0 Å². The first-order valence-corrected chi connectivity index (χ1v) is 12.7. The molecule has 4 N–H and O–H groups in total. The number of urea groups is 1. The Morgan fingerprint density at radius 1 is 1.03 bits per heavy atom. The Balaban J connectivity index is 1.18. The second-order valence-electron chi connectivity index (χ2n) is 9.82. The second kappa shape index (κ2) is 10.0. The van der Waals surface area contributed by atoms with Crippen molar-refractivity contribution in [2.24, 2.45) is 11.8 Å². The molecule has 10 nitrogen and oxygen atoms in total. The van der Waals surface area contributed by atoms with Crippen molar-refractivity contribution in [3.63, 3.8) is 0 Å². The van der Waals surface area contributed by atoms with Crippen molar-refractivity contribution >= 4 is 35.4 Å². The number of hydrogen-bond acceptors (Lipinski definition) is 7. The number of rotatable bonds is 5. The van der Waals surface area contributed by atoms with Crippen LogP contribution in [0.15, 0.2) is 36.7 Å². The number of nitrogens with one attached hydrogen (secondary N) is 2. The van der Waals surface area contributed by atoms with E-state index in [0.29, 0.717) is 36.5 Å². The number of anilines is 1. The van der Waals surface area contributed by atoms with Crippen molar-refractivity contribution in [1.29, 1.82) is 0 Å². The Labute approximate surface area is 214 Å². The SMILES string of the molecule is Nc1ncc(CN2CCC(C(=O)N3CCC(C4(c5ccc(Cl)cc5)NC(=O)NC4=O)CC3)CC2)cn1. The van der Waals surface area contributed by atoms with Crippen LogP contribution in [0.2, 0.25) is 5.02 Å². The van der Waals surface area contributed by atoms with Crippen LogP contribution in [0.3, 0.4) is 0 Å². The minimum Gasteiger partial charge on any atom is -0.368 e. The zero-order chi connectivity index (χ0) is 25.3. The van der Waals surface area contributed by atoms with Crippen molar-refractivity contribution in [3.8, 4) is 0 Å². The van der Waals surface area contributed by atoms with Crippen LogP contribution in [0.4, 0.5) is 10.7 Å². The van der Waals surface area contributed by atoms with Gasteiger partial charge in [0.15, 0.2) is 0 Å². The molecule has 11 heteroatoms. The lowest BCUT2D eigenvalue weighted by Crippen LogP contribution is -2.54. The molecule has 3 aliphatic heterocycles. The summed E-state index contributed by atoms with van der Waals surface area (Å²) in [5, 5.41) is 5.86. The summed E-state index contributed by atoms with van der Waals surface area (Å²) in [5.74, 6) is -0.0250. The highest BCUT2D eigenvalue weighted by Crippen LogP contribution is 2.40. The number of imide groups is 1. The number of halogens is 1. The van der Waals surface area contributed by atoms with Crippen LogP contribution in [0.25, 0.3) is 0 Å². The van der Waals surface area contributed by atoms with Gasteiger partial charge in [-0.25, -0.2) is 14.8 Å². The first kappa shape index (κ1) is 24.5. The van der Waals surface area contributed by atoms with E-state index in [1.807, 2.05) is 4.90 Å². The van der Waals surface area contributed by atoms with Gasteiger partial charge >= 0.3 is 6.03 Å². The molecular weight excluding hydrogens is 482 g/mol. The smallest absolute Gasteiger partial charge is 0.322 e. The number of amides is 4. The molecule has 0 radical (unpaired) electrons. The van der Waals surface area contributed by atoms with Gasteiger partial charge in [0.1, 0.15) is 5.54 Å². The van der Waals surface area contributed by atoms with Gasteiger partial charge in [-0.1, -0.05) is 23.7 Å². The van der Waals surface area contributed by atoms with E-state index in [2.05, 4.69) is 25.5 Å². The first-order valence-electron chi connectivity index (χ1n) is 12.3. The quantitative estimate of drug-likeness (QED) is 0.522. The Hall–Kier alpha value is -3.24. The Morgan fingerprint density at radius 3 is 2.25 bits per heavy atom. The number of aromatic nitrogens is 2. The van der Waals surface area contributed by atoms with Gasteiger partial charge in [0, 0.05) is 48.5 Å². The molecule has 1 aromatic carbocycles. The fraction of sp³-hybridized carbons (Fsp3) is 0.480. The minimum absolute atomic E-state index is 0.000162. The predicted octanol–water partition coefficient (Wildman–Crippen LogP) is 1.90. The number of carbonyl (C=O) groups is 3. The highest BCUT2D eigenvalue weighted by atomic mass is 35.5. The van der Waals surface area contributed by atoms with Gasteiger partial charge in [0.25, 0.3) is 5.91 Å². The molecule has 3 saturated heterocycles. The van der Waals surface area contributed by atoms with Crippen molar-refractivity contribution < 1.29 is 14.4 Å². The molecule has 3 aliphatic rings. The molecule has 0 bridgehead atoms. The van der Waals surface area contributed by atoms with Crippen LogP contribution in [-0.2, 0) is 21.7 Å². The number of hydrogen-bond donors (Lipinski definition) is 3. The van der Waals surface area contributed by atoms with Crippen LogP contribution in [0.1, 0.15) is 36.8 Å². The lowest BCUT2D eigenvalue weighted by Gasteiger charge is -2.42. The summed E-state index contributed by atoms with van der Waals surface area (Å²) in [4.78, 5) is 50.8. The molecule has 4 heterocycles. The highest BCUT2D eigenvalue weighted by Gasteiger charge is 2.53. The maximum absolute atomic E-state index is 13.3. The van der Waals surface area contributed by atoms with Crippen LogP contribution >= 0.6 is 11.6 Å². The maximum atomic E-state index is 13.3. The normalized spacial score (nSPS) is 24.0. The summed E-state index contributed by atoms with van der Waals surface area (Å²) in [6, 6.07) is 6.53. The number of benzene rings is 1. The van der Waals surface area contributed by atoms with Gasteiger partial charge in [-0.15, -0.1) is 0 Å². The van der Waals surface area contributed by atoms with E-state index in [1.165, 1.54) is 0 Å². The fourth-order valence-electron chi connectivity index (χ4n) is 5.74. The van der Waals surface area contributed by atoms with Crippen LogP contribution in [0, 0.1) is 11.8 Å². The number of nitrogen functional groups attached to an aromatic ring is 1. The third-order valence-corrected chi connectivity index (χ3v) is 7.93. The van der Waals surface area contributed by atoms with Gasteiger partial charge in [-0.05, 0) is 62.4 Å². The Morgan fingerprint density at radius 2 is 1.67 bits per heavy atom. The Kier molecular flexibility index (Phi) is 6.81. The summed E-state index contributed by atoms with van der Waals surface area (Å²) in [5.41, 5.74) is 6.13. The average molecular weight is 512 g/mol. The van der Waals surface area contributed by atoms with E-state index in [0.717, 1.165) is 38.0 Å². The molecule has 3 fully saturated rings. The largest absolute Gasteiger partial charge is 0.368 e. The zero-order valence-corrected chi connectivity index (χ0v) is 20.7. The number of piperidine rings is 2. The molecular formula is C25H30ClN7O3. The molecule has 1 unspecified atom stereocenters. The average Bonchev–Trinajstić information content (AvgIpc) is 3.20. The topological polar surface area (TPSA) is 134 Å². The van der Waals surface area contributed by atoms with Gasteiger partial charge < -0.3 is 16.0 Å². The van der Waals surface area contributed by atoms with Gasteiger partial charge in [0.2, 0.25) is 11.9 Å². The monoisotopic (exact) mass is 511 g/mol. The molecule has 0 spiro atoms. The molecule has 190 valence electrons. The summed E-state index contributed by atoms with van der Waals surface area (Å²) >= 11 is 6.05. The molecule has 0 saturated carbocycles. The van der Waals surface area contributed by atoms with Gasteiger partial charge in [-0.2, -0.15) is 0 Å². The van der Waals surface area contributed by atoms with E-state index in [9.17, 15) is 14.4 Å². The van der Waals surface area contributed by atoms with E-state index in [1.54, 1.807) is 36.7 Å². The maximum Gasteiger partial charge on any atom is 0.322 e. The van der Waals surface area contributed by atoms with Crippen molar-refractivity contribution in [3.05, 3.63) is 52.8 Å². The van der Waals surface area contributed by atoms with Crippen LogP contribution in [0.5, 0.6) is 0 Å². The predicted molar refractivity (Wildman–Crippen MR) is 134 cm³/mol. The number of nitrogens with two attached hydrogens (primary N) is 1. The Bertz CT molecular complexity index is 1130. The standard InChI is InChI=1S/C25H30ClN7O3/c26-20-3-1-18(2-4-20)25(22(35)30-24(36)31-25)19-7-11-33(12-8-19)21(34)17-5-9-32(10-6-17)15-16-13-28-23(27)29-14-16/h1-4,13-14,17,19H,5-12,15H2,(H2,27,28,29)(H2,30,31,35,36). The van der Waals surface area contributed by atoms with E-state index in [-0.39, 0.29) is 29.6 Å². The summed E-state index contributed by atoms with van der Waals surface area (Å²) in [6.45, 7) is 3.54. The molecule has 0 aliphatic carbocycles. The zero-order valence-electron chi connectivity index (χ0n) is 20.0. The molecule has 1 aromatic heterocycles. The highest BCUT2D eigenvalue weighted by molar-refractivity contribution is 6.30. The second-order valence-corrected chi connectivity index (χ2v) is 10.3. The third-order valence-electron chi connectivity index (χ3n) is 7.68. The van der Waals surface area contributed by atoms with Crippen molar-refractivity contribution in [2.45, 2.75) is 37.8 Å². The number of nitrogens with zero attached hydrogens (tertiary/aromatic N) is 4. The van der Waals surface area contributed by atoms with E-state index in [4.69, 9.17) is 17.3 Å². The van der Waals surface area contributed by atoms with E-state index < -0.39 is 11.6 Å². The third kappa shape index (κ3) is 4.75. The summed E-state index contributed by atoms with van der Waals surface area (Å²) in [6.07, 6.45) is 6.35. The first-order chi connectivity index (χ1) is 17.3. The van der Waals surface area contributed by atoms with Crippen LogP contribution < -0.4 is 16.4 Å². The van der Waals surface area contributed by atoms with Gasteiger partial charge in [-0.3, -0.25) is 19.8 Å².